The van der Waals surface area contributed by atoms with Crippen LogP contribution >= 0.6 is 11.6 Å². The van der Waals surface area contributed by atoms with Gasteiger partial charge in [-0.15, -0.1) is 0 Å². The second-order valence-corrected chi connectivity index (χ2v) is 8.96. The number of ether oxygens (including phenoxy) is 1. The van der Waals surface area contributed by atoms with Crippen LogP contribution in [0.1, 0.15) is 56.7 Å². The van der Waals surface area contributed by atoms with Crippen LogP contribution in [-0.4, -0.2) is 17.0 Å². The van der Waals surface area contributed by atoms with Crippen molar-refractivity contribution in [3.8, 4) is 11.1 Å². The minimum absolute atomic E-state index is 0.152. The van der Waals surface area contributed by atoms with Crippen LogP contribution in [0, 0.1) is 13.8 Å². The highest BCUT2D eigenvalue weighted by molar-refractivity contribution is 6.30. The van der Waals surface area contributed by atoms with Crippen molar-refractivity contribution in [2.24, 2.45) is 0 Å². The standard InChI is InChI=1S/C23H27ClO2/c1-14-7-8-16(18-10-9-17(24)11-15(18)2)12-19(14)20-13-22(3,4)26-23(5,6)21(20)25/h7-12,20H,13H2,1-6H3. The number of hydrogen-bond donors (Lipinski definition) is 0. The lowest BCUT2D eigenvalue weighted by molar-refractivity contribution is -0.179. The Morgan fingerprint density at radius 3 is 2.35 bits per heavy atom. The van der Waals surface area contributed by atoms with Crippen molar-refractivity contribution in [1.82, 2.24) is 0 Å². The maximum absolute atomic E-state index is 13.1. The van der Waals surface area contributed by atoms with Gasteiger partial charge in [-0.2, -0.15) is 0 Å². The molecule has 1 saturated heterocycles. The van der Waals surface area contributed by atoms with Gasteiger partial charge in [0.15, 0.2) is 5.78 Å². The van der Waals surface area contributed by atoms with Crippen LogP contribution in [0.4, 0.5) is 0 Å². The highest BCUT2D eigenvalue weighted by Crippen LogP contribution is 2.42. The maximum Gasteiger partial charge on any atom is 0.171 e. The molecule has 2 aromatic rings. The Bertz CT molecular complexity index is 865. The molecule has 0 bridgehead atoms. The van der Waals surface area contributed by atoms with Crippen molar-refractivity contribution in [3.05, 3.63) is 58.1 Å². The van der Waals surface area contributed by atoms with Crippen LogP contribution in [0.3, 0.4) is 0 Å². The molecule has 1 fully saturated rings. The molecule has 0 saturated carbocycles. The summed E-state index contributed by atoms with van der Waals surface area (Å²) >= 11 is 6.11. The van der Waals surface area contributed by atoms with Gasteiger partial charge in [0.05, 0.1) is 5.60 Å². The monoisotopic (exact) mass is 370 g/mol. The van der Waals surface area contributed by atoms with Gasteiger partial charge in [-0.1, -0.05) is 35.9 Å². The SMILES string of the molecule is Cc1cc(Cl)ccc1-c1ccc(C)c(C2CC(C)(C)OC(C)(C)C2=O)c1. The van der Waals surface area contributed by atoms with Crippen LogP contribution in [0.2, 0.25) is 5.02 Å². The van der Waals surface area contributed by atoms with Gasteiger partial charge in [0.2, 0.25) is 0 Å². The van der Waals surface area contributed by atoms with Gasteiger partial charge >= 0.3 is 0 Å². The maximum atomic E-state index is 13.1. The molecule has 138 valence electrons. The summed E-state index contributed by atoms with van der Waals surface area (Å²) in [5.74, 6) is 0.00575. The van der Waals surface area contributed by atoms with Gasteiger partial charge in [-0.05, 0) is 87.9 Å². The van der Waals surface area contributed by atoms with E-state index in [-0.39, 0.29) is 17.3 Å². The van der Waals surface area contributed by atoms with Crippen molar-refractivity contribution in [1.29, 1.82) is 0 Å². The van der Waals surface area contributed by atoms with Crippen molar-refractivity contribution < 1.29 is 9.53 Å². The van der Waals surface area contributed by atoms with Gasteiger partial charge in [-0.25, -0.2) is 0 Å². The second-order valence-electron chi connectivity index (χ2n) is 8.52. The summed E-state index contributed by atoms with van der Waals surface area (Å²) in [6.07, 6.45) is 0.694. The molecule has 0 radical (unpaired) electrons. The molecule has 1 aliphatic rings. The summed E-state index contributed by atoms with van der Waals surface area (Å²) < 4.78 is 6.05. The van der Waals surface area contributed by atoms with Crippen LogP contribution in [0.15, 0.2) is 36.4 Å². The number of ketones is 1. The average molecular weight is 371 g/mol. The van der Waals surface area contributed by atoms with E-state index in [2.05, 4.69) is 45.9 Å². The van der Waals surface area contributed by atoms with E-state index in [0.717, 1.165) is 32.8 Å². The molecule has 3 heteroatoms. The highest BCUT2D eigenvalue weighted by Gasteiger charge is 2.47. The summed E-state index contributed by atoms with van der Waals surface area (Å²) in [4.78, 5) is 13.1. The van der Waals surface area contributed by atoms with E-state index in [0.29, 0.717) is 6.42 Å². The van der Waals surface area contributed by atoms with E-state index >= 15 is 0 Å². The fourth-order valence-electron chi connectivity index (χ4n) is 4.17. The lowest BCUT2D eigenvalue weighted by Crippen LogP contribution is -2.51. The number of carbonyl (C=O) groups is 1. The normalized spacial score (nSPS) is 21.7. The molecule has 0 amide bonds. The van der Waals surface area contributed by atoms with Gasteiger partial charge in [0.1, 0.15) is 5.60 Å². The smallest absolute Gasteiger partial charge is 0.171 e. The van der Waals surface area contributed by atoms with E-state index in [1.807, 2.05) is 32.0 Å². The van der Waals surface area contributed by atoms with Crippen LogP contribution in [0.25, 0.3) is 11.1 Å². The molecule has 26 heavy (non-hydrogen) atoms. The first-order chi connectivity index (χ1) is 12.0. The van der Waals surface area contributed by atoms with Crippen molar-refractivity contribution in [2.75, 3.05) is 0 Å². The Labute approximate surface area is 161 Å². The quantitative estimate of drug-likeness (QED) is 0.624. The Hall–Kier alpha value is -1.64. The molecule has 1 aliphatic heterocycles. The molecule has 2 aromatic carbocycles. The Balaban J connectivity index is 2.09. The molecule has 2 nitrogen and oxygen atoms in total. The first-order valence-corrected chi connectivity index (χ1v) is 9.49. The molecule has 1 heterocycles. The average Bonchev–Trinajstić information content (AvgIpc) is 2.51. The van der Waals surface area contributed by atoms with Gasteiger partial charge in [-0.3, -0.25) is 4.79 Å². The largest absolute Gasteiger partial charge is 0.362 e. The molecule has 0 aromatic heterocycles. The van der Waals surface area contributed by atoms with Gasteiger partial charge in [0, 0.05) is 10.9 Å². The zero-order valence-corrected chi connectivity index (χ0v) is 17.2. The molecule has 0 aliphatic carbocycles. The molecular weight excluding hydrogens is 344 g/mol. The molecule has 3 rings (SSSR count). The number of carbonyl (C=O) groups excluding carboxylic acids is 1. The number of Topliss-reactive ketones (excluding diaryl/α,β-unsaturated/α-hetero) is 1. The fraction of sp³-hybridized carbons (Fsp3) is 0.435. The van der Waals surface area contributed by atoms with E-state index in [1.165, 1.54) is 0 Å². The Morgan fingerprint density at radius 1 is 1.00 bits per heavy atom. The van der Waals surface area contributed by atoms with Crippen molar-refractivity contribution in [2.45, 2.75) is 65.1 Å². The third-order valence-electron chi connectivity index (χ3n) is 5.29. The van der Waals surface area contributed by atoms with Crippen LogP contribution in [0.5, 0.6) is 0 Å². The first-order valence-electron chi connectivity index (χ1n) is 9.12. The number of halogens is 1. The third kappa shape index (κ3) is 3.58. The Morgan fingerprint density at radius 2 is 1.69 bits per heavy atom. The minimum atomic E-state index is -0.773. The second kappa shape index (κ2) is 6.51. The number of aryl methyl sites for hydroxylation is 2. The molecule has 1 unspecified atom stereocenters. The van der Waals surface area contributed by atoms with E-state index < -0.39 is 5.60 Å². The number of benzene rings is 2. The molecular formula is C23H27ClO2. The molecule has 1 atom stereocenters. The van der Waals surface area contributed by atoms with E-state index in [4.69, 9.17) is 16.3 Å². The van der Waals surface area contributed by atoms with Crippen LogP contribution < -0.4 is 0 Å². The van der Waals surface area contributed by atoms with Crippen LogP contribution in [-0.2, 0) is 9.53 Å². The summed E-state index contributed by atoms with van der Waals surface area (Å²) in [5.41, 5.74) is 4.54. The lowest BCUT2D eigenvalue weighted by Gasteiger charge is -2.44. The van der Waals surface area contributed by atoms with E-state index in [1.54, 1.807) is 0 Å². The number of hydrogen-bond acceptors (Lipinski definition) is 2. The van der Waals surface area contributed by atoms with Gasteiger partial charge < -0.3 is 4.74 Å². The summed E-state index contributed by atoms with van der Waals surface area (Å²) in [7, 11) is 0. The third-order valence-corrected chi connectivity index (χ3v) is 5.53. The number of rotatable bonds is 2. The van der Waals surface area contributed by atoms with Gasteiger partial charge in [0.25, 0.3) is 0 Å². The topological polar surface area (TPSA) is 26.3 Å². The summed E-state index contributed by atoms with van der Waals surface area (Å²) in [6.45, 7) is 12.0. The highest BCUT2D eigenvalue weighted by atomic mass is 35.5. The zero-order chi connectivity index (χ0) is 19.3. The fourth-order valence-corrected chi connectivity index (χ4v) is 4.40. The minimum Gasteiger partial charge on any atom is -0.362 e. The molecule has 0 spiro atoms. The predicted molar refractivity (Wildman–Crippen MR) is 108 cm³/mol. The lowest BCUT2D eigenvalue weighted by atomic mass is 9.74. The summed E-state index contributed by atoms with van der Waals surface area (Å²) in [6, 6.07) is 12.3. The van der Waals surface area contributed by atoms with E-state index in [9.17, 15) is 4.79 Å². The van der Waals surface area contributed by atoms with Crippen molar-refractivity contribution >= 4 is 17.4 Å². The zero-order valence-electron chi connectivity index (χ0n) is 16.4. The first kappa shape index (κ1) is 19.1. The predicted octanol–water partition coefficient (Wildman–Crippen LogP) is 6.25. The summed E-state index contributed by atoms with van der Waals surface area (Å²) in [5, 5.41) is 0.738. The Kier molecular flexibility index (Phi) is 4.79. The van der Waals surface area contributed by atoms with Crippen molar-refractivity contribution in [3.63, 3.8) is 0 Å². The molecule has 0 N–H and O–H groups in total.